The Balaban J connectivity index is 2.28. The van der Waals surface area contributed by atoms with Crippen LogP contribution in [0.3, 0.4) is 0 Å². The Bertz CT molecular complexity index is 660. The molecule has 2 rings (SSSR count). The Kier molecular flexibility index (Phi) is 4.55. The van der Waals surface area contributed by atoms with Crippen LogP contribution in [0.2, 0.25) is 0 Å². The first-order valence-electron chi connectivity index (χ1n) is 6.18. The molecule has 1 atom stereocenters. The van der Waals surface area contributed by atoms with E-state index in [9.17, 15) is 4.79 Å². The predicted octanol–water partition coefficient (Wildman–Crippen LogP) is 2.96. The highest BCUT2D eigenvalue weighted by molar-refractivity contribution is 5.85. The van der Waals surface area contributed by atoms with E-state index in [0.29, 0.717) is 6.42 Å². The van der Waals surface area contributed by atoms with E-state index in [-0.39, 0.29) is 6.42 Å². The van der Waals surface area contributed by atoms with Crippen LogP contribution in [0.25, 0.3) is 21.2 Å². The van der Waals surface area contributed by atoms with Crippen molar-refractivity contribution in [1.82, 2.24) is 5.48 Å². The van der Waals surface area contributed by atoms with Crippen molar-refractivity contribution in [1.29, 1.82) is 0 Å². The lowest BCUT2D eigenvalue weighted by molar-refractivity contribution is -0.129. The Hall–Kier alpha value is -2.56. The SMILES string of the molecule is [N-]=[N+]=N[C@@H](CC(=O)NO)Cc1cccc2ccccc12. The number of benzene rings is 2. The summed E-state index contributed by atoms with van der Waals surface area (Å²) >= 11 is 0. The zero-order valence-electron chi connectivity index (χ0n) is 10.7. The lowest BCUT2D eigenvalue weighted by atomic mass is 9.98. The van der Waals surface area contributed by atoms with Crippen molar-refractivity contribution in [3.63, 3.8) is 0 Å². The van der Waals surface area contributed by atoms with Gasteiger partial charge in [0.15, 0.2) is 0 Å². The molecular weight excluding hydrogens is 256 g/mol. The van der Waals surface area contributed by atoms with Gasteiger partial charge in [-0.25, -0.2) is 5.48 Å². The van der Waals surface area contributed by atoms with Gasteiger partial charge >= 0.3 is 0 Å². The van der Waals surface area contributed by atoms with Gasteiger partial charge in [0.1, 0.15) is 0 Å². The van der Waals surface area contributed by atoms with Gasteiger partial charge in [-0.15, -0.1) is 0 Å². The van der Waals surface area contributed by atoms with Gasteiger partial charge in [0, 0.05) is 11.3 Å². The Morgan fingerprint density at radius 1 is 1.30 bits per heavy atom. The van der Waals surface area contributed by atoms with Crippen LogP contribution in [0.1, 0.15) is 12.0 Å². The zero-order chi connectivity index (χ0) is 14.4. The average molecular weight is 270 g/mol. The van der Waals surface area contributed by atoms with Gasteiger partial charge in [-0.05, 0) is 28.3 Å². The Morgan fingerprint density at radius 2 is 2.05 bits per heavy atom. The quantitative estimate of drug-likeness (QED) is 0.287. The molecule has 0 saturated heterocycles. The van der Waals surface area contributed by atoms with Crippen molar-refractivity contribution in [3.05, 3.63) is 58.5 Å². The number of hydrogen-bond donors (Lipinski definition) is 2. The van der Waals surface area contributed by atoms with Crippen LogP contribution < -0.4 is 5.48 Å². The predicted molar refractivity (Wildman–Crippen MR) is 75.1 cm³/mol. The summed E-state index contributed by atoms with van der Waals surface area (Å²) in [6, 6.07) is 13.2. The van der Waals surface area contributed by atoms with Crippen LogP contribution in [-0.4, -0.2) is 17.2 Å². The number of carbonyl (C=O) groups excluding carboxylic acids is 1. The van der Waals surface area contributed by atoms with Gasteiger partial charge < -0.3 is 0 Å². The van der Waals surface area contributed by atoms with Crippen LogP contribution >= 0.6 is 0 Å². The lowest BCUT2D eigenvalue weighted by Gasteiger charge is -2.12. The highest BCUT2D eigenvalue weighted by Gasteiger charge is 2.14. The molecule has 0 aliphatic carbocycles. The molecule has 1 amide bonds. The van der Waals surface area contributed by atoms with Gasteiger partial charge in [-0.2, -0.15) is 0 Å². The molecule has 0 fully saturated rings. The summed E-state index contributed by atoms with van der Waals surface area (Å²) in [5, 5.41) is 14.3. The minimum absolute atomic E-state index is 0.0518. The number of azide groups is 1. The van der Waals surface area contributed by atoms with Crippen LogP contribution in [0.15, 0.2) is 47.6 Å². The number of nitrogens with zero attached hydrogens (tertiary/aromatic N) is 3. The van der Waals surface area contributed by atoms with E-state index in [1.165, 1.54) is 0 Å². The molecule has 0 saturated carbocycles. The first-order valence-corrected chi connectivity index (χ1v) is 6.18. The molecular formula is C14H14N4O2. The first kappa shape index (κ1) is 13.9. The van der Waals surface area contributed by atoms with E-state index < -0.39 is 11.9 Å². The Labute approximate surface area is 115 Å². The largest absolute Gasteiger partial charge is 0.289 e. The molecule has 6 nitrogen and oxygen atoms in total. The maximum absolute atomic E-state index is 11.2. The second kappa shape index (κ2) is 6.56. The van der Waals surface area contributed by atoms with Gasteiger partial charge in [-0.3, -0.25) is 10.0 Å². The highest BCUT2D eigenvalue weighted by atomic mass is 16.5. The topological polar surface area (TPSA) is 98.1 Å². The standard InChI is InChI=1S/C14H14N4O2/c15-18-16-12(9-14(19)17-20)8-11-6-3-5-10-4-1-2-7-13(10)11/h1-7,12,20H,8-9H2,(H,17,19)/t12-/m1/s1. The number of hydroxylamine groups is 1. The smallest absolute Gasteiger partial charge is 0.243 e. The van der Waals surface area contributed by atoms with Crippen molar-refractivity contribution in [2.75, 3.05) is 0 Å². The molecule has 0 radical (unpaired) electrons. The maximum Gasteiger partial charge on any atom is 0.243 e. The number of fused-ring (bicyclic) bond motifs is 1. The fourth-order valence-corrected chi connectivity index (χ4v) is 2.21. The van der Waals surface area contributed by atoms with Crippen LogP contribution in [0.4, 0.5) is 0 Å². The van der Waals surface area contributed by atoms with Crippen molar-refractivity contribution < 1.29 is 10.0 Å². The molecule has 0 bridgehead atoms. The molecule has 0 aliphatic rings. The molecule has 0 spiro atoms. The molecule has 0 unspecified atom stereocenters. The fraction of sp³-hybridized carbons (Fsp3) is 0.214. The molecule has 0 heterocycles. The number of carbonyl (C=O) groups is 1. The maximum atomic E-state index is 11.2. The summed E-state index contributed by atoms with van der Waals surface area (Å²) in [5.74, 6) is -0.567. The molecule has 20 heavy (non-hydrogen) atoms. The van der Waals surface area contributed by atoms with Crippen LogP contribution in [0, 0.1) is 0 Å². The molecule has 6 heteroatoms. The average Bonchev–Trinajstić information content (AvgIpc) is 2.47. The molecule has 2 aromatic carbocycles. The molecule has 0 aliphatic heterocycles. The third-order valence-corrected chi connectivity index (χ3v) is 3.10. The summed E-state index contributed by atoms with van der Waals surface area (Å²) < 4.78 is 0. The summed E-state index contributed by atoms with van der Waals surface area (Å²) in [6.07, 6.45) is 0.391. The fourth-order valence-electron chi connectivity index (χ4n) is 2.21. The number of rotatable bonds is 5. The number of nitrogens with one attached hydrogen (secondary N) is 1. The van der Waals surface area contributed by atoms with E-state index in [4.69, 9.17) is 10.7 Å². The van der Waals surface area contributed by atoms with Gasteiger partial charge in [0.05, 0.1) is 6.04 Å². The zero-order valence-corrected chi connectivity index (χ0v) is 10.7. The second-order valence-electron chi connectivity index (χ2n) is 4.44. The van der Waals surface area contributed by atoms with Crippen molar-refractivity contribution >= 4 is 16.7 Å². The summed E-state index contributed by atoms with van der Waals surface area (Å²) in [6.45, 7) is 0. The highest BCUT2D eigenvalue weighted by Crippen LogP contribution is 2.21. The van der Waals surface area contributed by atoms with E-state index in [0.717, 1.165) is 16.3 Å². The monoisotopic (exact) mass is 270 g/mol. The molecule has 102 valence electrons. The van der Waals surface area contributed by atoms with E-state index >= 15 is 0 Å². The van der Waals surface area contributed by atoms with Crippen molar-refractivity contribution in [2.45, 2.75) is 18.9 Å². The molecule has 2 aromatic rings. The van der Waals surface area contributed by atoms with E-state index in [1.54, 1.807) is 5.48 Å². The van der Waals surface area contributed by atoms with Gasteiger partial charge in [0.2, 0.25) is 5.91 Å². The van der Waals surface area contributed by atoms with E-state index in [2.05, 4.69) is 10.0 Å². The minimum Gasteiger partial charge on any atom is -0.289 e. The number of amides is 1. The van der Waals surface area contributed by atoms with Crippen molar-refractivity contribution in [2.24, 2.45) is 5.11 Å². The van der Waals surface area contributed by atoms with Gasteiger partial charge in [-0.1, -0.05) is 47.6 Å². The summed E-state index contributed by atoms with van der Waals surface area (Å²) in [5.41, 5.74) is 11.1. The van der Waals surface area contributed by atoms with Gasteiger partial charge in [0.25, 0.3) is 0 Å². The summed E-state index contributed by atoms with van der Waals surface area (Å²) in [7, 11) is 0. The lowest BCUT2D eigenvalue weighted by Crippen LogP contribution is -2.24. The third-order valence-electron chi connectivity index (χ3n) is 3.10. The number of hydrogen-bond acceptors (Lipinski definition) is 3. The molecule has 0 aromatic heterocycles. The normalized spacial score (nSPS) is 11.7. The molecule has 2 N–H and O–H groups in total. The summed E-state index contributed by atoms with van der Waals surface area (Å²) in [4.78, 5) is 14.0. The van der Waals surface area contributed by atoms with Crippen LogP contribution in [0.5, 0.6) is 0 Å². The third kappa shape index (κ3) is 3.26. The second-order valence-corrected chi connectivity index (χ2v) is 4.44. The Morgan fingerprint density at radius 3 is 2.80 bits per heavy atom. The van der Waals surface area contributed by atoms with Crippen LogP contribution in [-0.2, 0) is 11.2 Å². The van der Waals surface area contributed by atoms with Crippen molar-refractivity contribution in [3.8, 4) is 0 Å². The minimum atomic E-state index is -0.567. The first-order chi connectivity index (χ1) is 9.74. The van der Waals surface area contributed by atoms with E-state index in [1.807, 2.05) is 42.5 Å².